The summed E-state index contributed by atoms with van der Waals surface area (Å²) >= 11 is 0. The highest BCUT2D eigenvalue weighted by Crippen LogP contribution is 1.93. The van der Waals surface area contributed by atoms with E-state index < -0.39 is 0 Å². The van der Waals surface area contributed by atoms with E-state index in [4.69, 9.17) is 0 Å². The first kappa shape index (κ1) is 9.14. The van der Waals surface area contributed by atoms with Crippen molar-refractivity contribution < 1.29 is 14.3 Å². The molecule has 0 aromatic heterocycles. The molecular formula is C7H12O3. The smallest absolute Gasteiger partial charge is 0.293 e. The number of carbonyl (C=O) groups excluding carboxylic acids is 2. The summed E-state index contributed by atoms with van der Waals surface area (Å²) in [5.41, 5.74) is 0. The van der Waals surface area contributed by atoms with Gasteiger partial charge >= 0.3 is 0 Å². The number of rotatable bonds is 6. The lowest BCUT2D eigenvalue weighted by atomic mass is 10.2. The minimum atomic E-state index is 0.157. The van der Waals surface area contributed by atoms with Gasteiger partial charge in [0.15, 0.2) is 0 Å². The van der Waals surface area contributed by atoms with Crippen molar-refractivity contribution >= 4 is 12.3 Å². The topological polar surface area (TPSA) is 43.4 Å². The van der Waals surface area contributed by atoms with Crippen molar-refractivity contribution in [3.63, 3.8) is 0 Å². The van der Waals surface area contributed by atoms with Crippen LogP contribution in [0.2, 0.25) is 0 Å². The summed E-state index contributed by atoms with van der Waals surface area (Å²) in [5.74, 6) is 0.157. The van der Waals surface area contributed by atoms with Crippen LogP contribution in [-0.4, -0.2) is 18.9 Å². The molecule has 0 spiro atoms. The molecule has 0 saturated carbocycles. The third-order valence-electron chi connectivity index (χ3n) is 1.10. The number of hydrogen-bond donors (Lipinski definition) is 0. The molecule has 10 heavy (non-hydrogen) atoms. The van der Waals surface area contributed by atoms with E-state index in [0.29, 0.717) is 19.3 Å². The summed E-state index contributed by atoms with van der Waals surface area (Å²) in [4.78, 5) is 20.3. The van der Waals surface area contributed by atoms with Crippen LogP contribution in [0.25, 0.3) is 0 Å². The first-order valence-corrected chi connectivity index (χ1v) is 3.38. The molecule has 0 amide bonds. The summed E-state index contributed by atoms with van der Waals surface area (Å²) in [5, 5.41) is 0. The third-order valence-corrected chi connectivity index (χ3v) is 1.10. The fourth-order valence-electron chi connectivity index (χ4n) is 0.625. The molecule has 0 N–H and O–H groups in total. The summed E-state index contributed by atoms with van der Waals surface area (Å²) in [6, 6.07) is 0. The molecule has 0 aliphatic carbocycles. The van der Waals surface area contributed by atoms with Gasteiger partial charge in [0.1, 0.15) is 5.78 Å². The van der Waals surface area contributed by atoms with E-state index in [-0.39, 0.29) is 12.4 Å². The van der Waals surface area contributed by atoms with Gasteiger partial charge in [-0.1, -0.05) is 6.92 Å². The first-order valence-electron chi connectivity index (χ1n) is 3.38. The SMILES string of the molecule is CCCC(=O)CCOC=O. The van der Waals surface area contributed by atoms with Crippen LogP contribution in [0, 0.1) is 0 Å². The average molecular weight is 144 g/mol. The second kappa shape index (κ2) is 6.26. The standard InChI is InChI=1S/C7H12O3/c1-2-3-7(9)4-5-10-6-8/h6H,2-5H2,1H3. The van der Waals surface area contributed by atoms with Gasteiger partial charge in [-0.05, 0) is 6.42 Å². The van der Waals surface area contributed by atoms with Gasteiger partial charge in [-0.2, -0.15) is 0 Å². The molecule has 0 fully saturated rings. The Morgan fingerprint density at radius 2 is 2.20 bits per heavy atom. The number of ether oxygens (including phenoxy) is 1. The lowest BCUT2D eigenvalue weighted by Gasteiger charge is -1.95. The van der Waals surface area contributed by atoms with E-state index in [9.17, 15) is 9.59 Å². The molecule has 0 aromatic rings. The van der Waals surface area contributed by atoms with Crippen molar-refractivity contribution in [2.75, 3.05) is 6.61 Å². The van der Waals surface area contributed by atoms with Crippen molar-refractivity contribution in [3.05, 3.63) is 0 Å². The molecule has 0 aliphatic rings. The Hall–Kier alpha value is -0.860. The van der Waals surface area contributed by atoms with Crippen LogP contribution < -0.4 is 0 Å². The van der Waals surface area contributed by atoms with E-state index in [1.165, 1.54) is 0 Å². The number of ketones is 1. The van der Waals surface area contributed by atoms with Gasteiger partial charge in [0.05, 0.1) is 6.61 Å². The van der Waals surface area contributed by atoms with Crippen LogP contribution in [0.15, 0.2) is 0 Å². The van der Waals surface area contributed by atoms with Gasteiger partial charge in [-0.15, -0.1) is 0 Å². The normalized spacial score (nSPS) is 8.90. The molecule has 0 unspecified atom stereocenters. The molecule has 0 radical (unpaired) electrons. The molecule has 0 saturated heterocycles. The van der Waals surface area contributed by atoms with Gasteiger partial charge in [0.25, 0.3) is 6.47 Å². The van der Waals surface area contributed by atoms with Crippen LogP contribution in [-0.2, 0) is 14.3 Å². The van der Waals surface area contributed by atoms with Crippen molar-refractivity contribution in [2.24, 2.45) is 0 Å². The highest BCUT2D eigenvalue weighted by atomic mass is 16.5. The fraction of sp³-hybridized carbons (Fsp3) is 0.714. The van der Waals surface area contributed by atoms with Crippen LogP contribution in [0.1, 0.15) is 26.2 Å². The Morgan fingerprint density at radius 1 is 1.50 bits per heavy atom. The zero-order chi connectivity index (χ0) is 7.82. The average Bonchev–Trinajstić information content (AvgIpc) is 1.89. The predicted octanol–water partition coefficient (Wildman–Crippen LogP) is 0.919. The molecule has 0 atom stereocenters. The van der Waals surface area contributed by atoms with Crippen molar-refractivity contribution in [1.29, 1.82) is 0 Å². The van der Waals surface area contributed by atoms with E-state index in [2.05, 4.69) is 4.74 Å². The maximum Gasteiger partial charge on any atom is 0.293 e. The lowest BCUT2D eigenvalue weighted by molar-refractivity contribution is -0.130. The molecule has 0 aromatic carbocycles. The van der Waals surface area contributed by atoms with Gasteiger partial charge in [0.2, 0.25) is 0 Å². The molecular weight excluding hydrogens is 132 g/mol. The maximum absolute atomic E-state index is 10.7. The van der Waals surface area contributed by atoms with Crippen LogP contribution in [0.4, 0.5) is 0 Å². The van der Waals surface area contributed by atoms with E-state index >= 15 is 0 Å². The zero-order valence-electron chi connectivity index (χ0n) is 6.13. The van der Waals surface area contributed by atoms with Crippen LogP contribution >= 0.6 is 0 Å². The Bertz CT molecular complexity index is 109. The molecule has 0 rings (SSSR count). The predicted molar refractivity (Wildman–Crippen MR) is 36.5 cm³/mol. The Labute approximate surface area is 60.4 Å². The maximum atomic E-state index is 10.7. The second-order valence-corrected chi connectivity index (χ2v) is 2.01. The number of Topliss-reactive ketones (excluding diaryl/α,β-unsaturated/α-hetero) is 1. The third kappa shape index (κ3) is 5.28. The molecule has 3 nitrogen and oxygen atoms in total. The largest absolute Gasteiger partial charge is 0.467 e. The quantitative estimate of drug-likeness (QED) is 0.411. The van der Waals surface area contributed by atoms with E-state index in [1.54, 1.807) is 0 Å². The Balaban J connectivity index is 3.13. The van der Waals surface area contributed by atoms with Gasteiger partial charge in [-0.3, -0.25) is 9.59 Å². The van der Waals surface area contributed by atoms with Crippen molar-refractivity contribution in [3.8, 4) is 0 Å². The molecule has 0 bridgehead atoms. The fourth-order valence-corrected chi connectivity index (χ4v) is 0.625. The van der Waals surface area contributed by atoms with Gasteiger partial charge < -0.3 is 4.74 Å². The zero-order valence-corrected chi connectivity index (χ0v) is 6.13. The van der Waals surface area contributed by atoms with Crippen molar-refractivity contribution in [2.45, 2.75) is 26.2 Å². The Kier molecular flexibility index (Phi) is 5.72. The number of hydrogen-bond acceptors (Lipinski definition) is 3. The molecule has 3 heteroatoms. The van der Waals surface area contributed by atoms with Gasteiger partial charge in [-0.25, -0.2) is 0 Å². The molecule has 0 heterocycles. The van der Waals surface area contributed by atoms with E-state index in [1.807, 2.05) is 6.92 Å². The lowest BCUT2D eigenvalue weighted by Crippen LogP contribution is -2.02. The summed E-state index contributed by atoms with van der Waals surface area (Å²) < 4.78 is 4.35. The highest BCUT2D eigenvalue weighted by Gasteiger charge is 1.98. The van der Waals surface area contributed by atoms with E-state index in [0.717, 1.165) is 6.42 Å². The van der Waals surface area contributed by atoms with Crippen molar-refractivity contribution in [1.82, 2.24) is 0 Å². The number of carbonyl (C=O) groups is 2. The molecule has 0 aliphatic heterocycles. The minimum Gasteiger partial charge on any atom is -0.467 e. The Morgan fingerprint density at radius 3 is 2.70 bits per heavy atom. The monoisotopic (exact) mass is 144 g/mol. The second-order valence-electron chi connectivity index (χ2n) is 2.01. The minimum absolute atomic E-state index is 0.157. The van der Waals surface area contributed by atoms with Crippen LogP contribution in [0.5, 0.6) is 0 Å². The summed E-state index contributed by atoms with van der Waals surface area (Å²) in [6.07, 6.45) is 1.80. The summed E-state index contributed by atoms with van der Waals surface area (Å²) in [6.45, 7) is 2.53. The summed E-state index contributed by atoms with van der Waals surface area (Å²) in [7, 11) is 0. The molecule has 58 valence electrons. The first-order chi connectivity index (χ1) is 4.81. The highest BCUT2D eigenvalue weighted by molar-refractivity contribution is 5.78. The van der Waals surface area contributed by atoms with Crippen LogP contribution in [0.3, 0.4) is 0 Å². The van der Waals surface area contributed by atoms with Gasteiger partial charge in [0, 0.05) is 12.8 Å².